The lowest BCUT2D eigenvalue weighted by atomic mass is 10.0. The standard InChI is InChI=1S/C20H26N2O2/c1-15(17-9-10-17)13-19(23)21-18(14-16-7-3-2-4-8-16)20(24)22-11-5-6-12-22/h2-4,7-8,13,17-18H,5-6,9-12,14H2,1H3,(H,21,23)/b15-13+. The highest BCUT2D eigenvalue weighted by atomic mass is 16.2. The Labute approximate surface area is 143 Å². The summed E-state index contributed by atoms with van der Waals surface area (Å²) in [7, 11) is 0. The summed E-state index contributed by atoms with van der Waals surface area (Å²) in [5.41, 5.74) is 2.19. The summed E-state index contributed by atoms with van der Waals surface area (Å²) in [6.45, 7) is 3.61. The van der Waals surface area contributed by atoms with E-state index in [2.05, 4.69) is 5.32 Å². The molecule has 24 heavy (non-hydrogen) atoms. The topological polar surface area (TPSA) is 49.4 Å². The number of hydrogen-bond donors (Lipinski definition) is 1. The van der Waals surface area contributed by atoms with Crippen LogP contribution in [0.25, 0.3) is 0 Å². The first-order valence-corrected chi connectivity index (χ1v) is 8.95. The van der Waals surface area contributed by atoms with Crippen LogP contribution in [0.5, 0.6) is 0 Å². The van der Waals surface area contributed by atoms with Gasteiger partial charge in [-0.25, -0.2) is 0 Å². The van der Waals surface area contributed by atoms with E-state index >= 15 is 0 Å². The van der Waals surface area contributed by atoms with Gasteiger partial charge in [-0.2, -0.15) is 0 Å². The lowest BCUT2D eigenvalue weighted by Crippen LogP contribution is -2.48. The second-order valence-electron chi connectivity index (χ2n) is 6.95. The van der Waals surface area contributed by atoms with Crippen LogP contribution >= 0.6 is 0 Å². The van der Waals surface area contributed by atoms with Gasteiger partial charge in [-0.05, 0) is 44.1 Å². The van der Waals surface area contributed by atoms with E-state index in [0.29, 0.717) is 12.3 Å². The third-order valence-corrected chi connectivity index (χ3v) is 4.90. The fraction of sp³-hybridized carbons (Fsp3) is 0.500. The molecule has 0 bridgehead atoms. The predicted molar refractivity (Wildman–Crippen MR) is 94.4 cm³/mol. The number of carbonyl (C=O) groups is 2. The molecule has 4 nitrogen and oxygen atoms in total. The minimum Gasteiger partial charge on any atom is -0.341 e. The number of likely N-dealkylation sites (tertiary alicyclic amines) is 1. The number of nitrogens with zero attached hydrogens (tertiary/aromatic N) is 1. The lowest BCUT2D eigenvalue weighted by Gasteiger charge is -2.24. The first kappa shape index (κ1) is 16.7. The Bertz CT molecular complexity index is 614. The van der Waals surface area contributed by atoms with E-state index in [1.165, 1.54) is 12.8 Å². The Balaban J connectivity index is 1.69. The van der Waals surface area contributed by atoms with Crippen molar-refractivity contribution in [3.05, 3.63) is 47.5 Å². The highest BCUT2D eigenvalue weighted by molar-refractivity contribution is 5.93. The van der Waals surface area contributed by atoms with Crippen LogP contribution in [0.2, 0.25) is 0 Å². The minimum atomic E-state index is -0.485. The van der Waals surface area contributed by atoms with Crippen molar-refractivity contribution in [3.8, 4) is 0 Å². The molecule has 1 aromatic carbocycles. The molecule has 1 saturated heterocycles. The summed E-state index contributed by atoms with van der Waals surface area (Å²) in [6, 6.07) is 9.41. The van der Waals surface area contributed by atoms with E-state index in [4.69, 9.17) is 0 Å². The highest BCUT2D eigenvalue weighted by Crippen LogP contribution is 2.35. The molecular formula is C20H26N2O2. The van der Waals surface area contributed by atoms with Gasteiger partial charge in [0, 0.05) is 25.6 Å². The zero-order valence-corrected chi connectivity index (χ0v) is 14.3. The van der Waals surface area contributed by atoms with Gasteiger partial charge in [0.15, 0.2) is 0 Å². The van der Waals surface area contributed by atoms with Gasteiger partial charge in [0.1, 0.15) is 6.04 Å². The Kier molecular flexibility index (Phi) is 5.34. The zero-order chi connectivity index (χ0) is 16.9. The fourth-order valence-electron chi connectivity index (χ4n) is 3.28. The van der Waals surface area contributed by atoms with Crippen LogP contribution in [0.15, 0.2) is 42.0 Å². The van der Waals surface area contributed by atoms with Gasteiger partial charge in [0.2, 0.25) is 11.8 Å². The van der Waals surface area contributed by atoms with Crippen molar-refractivity contribution in [2.24, 2.45) is 5.92 Å². The van der Waals surface area contributed by atoms with Crippen LogP contribution in [0.3, 0.4) is 0 Å². The smallest absolute Gasteiger partial charge is 0.245 e. The number of nitrogens with one attached hydrogen (secondary N) is 1. The SMILES string of the molecule is C/C(=C\C(=O)NC(Cc1ccccc1)C(=O)N1CCCC1)C1CC1. The largest absolute Gasteiger partial charge is 0.341 e. The van der Waals surface area contributed by atoms with Crippen molar-refractivity contribution in [1.29, 1.82) is 0 Å². The van der Waals surface area contributed by atoms with Gasteiger partial charge in [-0.3, -0.25) is 9.59 Å². The van der Waals surface area contributed by atoms with E-state index in [1.807, 2.05) is 42.2 Å². The number of rotatable bonds is 6. The summed E-state index contributed by atoms with van der Waals surface area (Å²) >= 11 is 0. The van der Waals surface area contributed by atoms with E-state index < -0.39 is 6.04 Å². The average Bonchev–Trinajstić information content (AvgIpc) is 3.29. The van der Waals surface area contributed by atoms with Crippen LogP contribution in [0, 0.1) is 5.92 Å². The molecule has 0 aromatic heterocycles. The zero-order valence-electron chi connectivity index (χ0n) is 14.3. The maximum atomic E-state index is 12.8. The van der Waals surface area contributed by atoms with E-state index in [-0.39, 0.29) is 11.8 Å². The summed E-state index contributed by atoms with van der Waals surface area (Å²) in [5, 5.41) is 2.95. The number of benzene rings is 1. The molecule has 1 unspecified atom stereocenters. The monoisotopic (exact) mass is 326 g/mol. The molecule has 1 aromatic rings. The van der Waals surface area contributed by atoms with Gasteiger partial charge in [0.25, 0.3) is 0 Å². The van der Waals surface area contributed by atoms with Crippen LogP contribution in [-0.2, 0) is 16.0 Å². The molecule has 0 spiro atoms. The highest BCUT2D eigenvalue weighted by Gasteiger charge is 2.28. The average molecular weight is 326 g/mol. The van der Waals surface area contributed by atoms with Crippen molar-refractivity contribution in [1.82, 2.24) is 10.2 Å². The molecule has 2 amide bonds. The van der Waals surface area contributed by atoms with Gasteiger partial charge in [0.05, 0.1) is 0 Å². The third kappa shape index (κ3) is 4.47. The molecule has 1 saturated carbocycles. The summed E-state index contributed by atoms with van der Waals surface area (Å²) in [6.07, 6.45) is 6.67. The van der Waals surface area contributed by atoms with Crippen LogP contribution in [-0.4, -0.2) is 35.8 Å². The van der Waals surface area contributed by atoms with Crippen molar-refractivity contribution in [2.75, 3.05) is 13.1 Å². The molecule has 1 heterocycles. The normalized spacial score (nSPS) is 19.2. The van der Waals surface area contributed by atoms with Gasteiger partial charge < -0.3 is 10.2 Å². The molecule has 1 aliphatic heterocycles. The van der Waals surface area contributed by atoms with Gasteiger partial charge >= 0.3 is 0 Å². The summed E-state index contributed by atoms with van der Waals surface area (Å²) < 4.78 is 0. The molecule has 1 aliphatic carbocycles. The fourth-order valence-corrected chi connectivity index (χ4v) is 3.28. The van der Waals surface area contributed by atoms with Crippen LogP contribution in [0.4, 0.5) is 0 Å². The number of carbonyl (C=O) groups excluding carboxylic acids is 2. The van der Waals surface area contributed by atoms with Crippen LogP contribution in [0.1, 0.15) is 38.2 Å². The molecule has 128 valence electrons. The molecule has 2 fully saturated rings. The lowest BCUT2D eigenvalue weighted by molar-refractivity contribution is -0.134. The van der Waals surface area contributed by atoms with Crippen LogP contribution < -0.4 is 5.32 Å². The first-order valence-electron chi connectivity index (χ1n) is 8.95. The quantitative estimate of drug-likeness (QED) is 0.817. The van der Waals surface area contributed by atoms with Crippen molar-refractivity contribution in [3.63, 3.8) is 0 Å². The first-order chi connectivity index (χ1) is 11.6. The van der Waals surface area contributed by atoms with Crippen molar-refractivity contribution in [2.45, 2.75) is 45.1 Å². The molecule has 1 N–H and O–H groups in total. The molecule has 0 radical (unpaired) electrons. The maximum Gasteiger partial charge on any atom is 0.245 e. The minimum absolute atomic E-state index is 0.0437. The third-order valence-electron chi connectivity index (χ3n) is 4.90. The second kappa shape index (κ2) is 7.65. The van der Waals surface area contributed by atoms with E-state index in [9.17, 15) is 9.59 Å². The maximum absolute atomic E-state index is 12.8. The van der Waals surface area contributed by atoms with Gasteiger partial charge in [-0.1, -0.05) is 35.9 Å². The molecular weight excluding hydrogens is 300 g/mol. The molecule has 3 rings (SSSR count). The van der Waals surface area contributed by atoms with Crippen molar-refractivity contribution < 1.29 is 9.59 Å². The van der Waals surface area contributed by atoms with Gasteiger partial charge in [-0.15, -0.1) is 0 Å². The number of hydrogen-bond acceptors (Lipinski definition) is 2. The Morgan fingerprint density at radius 3 is 2.50 bits per heavy atom. The van der Waals surface area contributed by atoms with E-state index in [1.54, 1.807) is 6.08 Å². The van der Waals surface area contributed by atoms with E-state index in [0.717, 1.165) is 37.1 Å². The predicted octanol–water partition coefficient (Wildman–Crippen LogP) is 2.69. The Morgan fingerprint density at radius 1 is 1.21 bits per heavy atom. The second-order valence-corrected chi connectivity index (χ2v) is 6.95. The Morgan fingerprint density at radius 2 is 1.88 bits per heavy atom. The number of allylic oxidation sites excluding steroid dienone is 1. The number of amides is 2. The molecule has 1 atom stereocenters. The molecule has 2 aliphatic rings. The summed E-state index contributed by atoms with van der Waals surface area (Å²) in [4.78, 5) is 27.0. The van der Waals surface area contributed by atoms with Crippen molar-refractivity contribution >= 4 is 11.8 Å². The Hall–Kier alpha value is -2.10. The summed E-state index contributed by atoms with van der Waals surface area (Å²) in [5.74, 6) is 0.465. The molecule has 4 heteroatoms.